The van der Waals surface area contributed by atoms with Crippen LogP contribution >= 0.6 is 0 Å². The Morgan fingerprint density at radius 2 is 1.81 bits per heavy atom. The largest absolute Gasteiger partial charge is 0.332 e. The van der Waals surface area contributed by atoms with Gasteiger partial charge in [-0.1, -0.05) is 30.3 Å². The molecule has 7 nitrogen and oxygen atoms in total. The minimum Gasteiger partial charge on any atom is -0.325 e. The molecule has 0 spiro atoms. The van der Waals surface area contributed by atoms with Gasteiger partial charge in [0.1, 0.15) is 5.39 Å². The van der Waals surface area contributed by atoms with Gasteiger partial charge >= 0.3 is 5.69 Å². The van der Waals surface area contributed by atoms with Crippen molar-refractivity contribution >= 4 is 22.6 Å². The fraction of sp³-hybridized carbons (Fsp3) is 0.263. The van der Waals surface area contributed by atoms with Crippen LogP contribution in [-0.2, 0) is 25.3 Å². The van der Waals surface area contributed by atoms with Crippen molar-refractivity contribution in [3.8, 4) is 0 Å². The Labute approximate surface area is 149 Å². The number of carbonyl (C=O) groups excluding carboxylic acids is 1. The second kappa shape index (κ2) is 6.95. The van der Waals surface area contributed by atoms with Gasteiger partial charge in [-0.3, -0.25) is 18.7 Å². The van der Waals surface area contributed by atoms with Crippen LogP contribution in [0.1, 0.15) is 17.5 Å². The van der Waals surface area contributed by atoms with Crippen molar-refractivity contribution in [2.24, 2.45) is 14.1 Å². The molecule has 0 bridgehead atoms. The Bertz CT molecular complexity index is 1100. The van der Waals surface area contributed by atoms with Crippen molar-refractivity contribution < 1.29 is 4.79 Å². The molecule has 0 saturated carbocycles. The first kappa shape index (κ1) is 17.6. The predicted octanol–water partition coefficient (Wildman–Crippen LogP) is 1.51. The summed E-state index contributed by atoms with van der Waals surface area (Å²) in [5.41, 5.74) is 1.46. The molecule has 1 aromatic carbocycles. The van der Waals surface area contributed by atoms with Crippen LogP contribution in [0.25, 0.3) is 11.0 Å². The molecule has 134 valence electrons. The molecule has 0 fully saturated rings. The molecule has 1 N–H and O–H groups in total. The SMILES string of the molecule is Cc1cnc2c(c1NC(=O)CCc1ccccc1)c(=O)n(C)c(=O)n2C. The second-order valence-electron chi connectivity index (χ2n) is 6.25. The van der Waals surface area contributed by atoms with Crippen molar-refractivity contribution in [2.45, 2.75) is 19.8 Å². The zero-order chi connectivity index (χ0) is 18.8. The Hall–Kier alpha value is -3.22. The highest BCUT2D eigenvalue weighted by molar-refractivity contribution is 6.00. The summed E-state index contributed by atoms with van der Waals surface area (Å²) in [6.07, 6.45) is 2.44. The van der Waals surface area contributed by atoms with Crippen LogP contribution in [0.2, 0.25) is 0 Å². The van der Waals surface area contributed by atoms with Crippen molar-refractivity contribution in [1.29, 1.82) is 0 Å². The van der Waals surface area contributed by atoms with Crippen LogP contribution < -0.4 is 16.6 Å². The Kier molecular flexibility index (Phi) is 4.71. The number of hydrogen-bond acceptors (Lipinski definition) is 4. The summed E-state index contributed by atoms with van der Waals surface area (Å²) in [6.45, 7) is 1.77. The quantitative estimate of drug-likeness (QED) is 0.771. The van der Waals surface area contributed by atoms with Gasteiger partial charge < -0.3 is 5.32 Å². The lowest BCUT2D eigenvalue weighted by atomic mass is 10.1. The molecule has 2 aromatic heterocycles. The molecule has 3 rings (SSSR count). The van der Waals surface area contributed by atoms with Gasteiger partial charge in [-0.25, -0.2) is 9.78 Å². The highest BCUT2D eigenvalue weighted by atomic mass is 16.2. The van der Waals surface area contributed by atoms with E-state index in [2.05, 4.69) is 10.3 Å². The maximum absolute atomic E-state index is 12.6. The van der Waals surface area contributed by atoms with E-state index in [0.717, 1.165) is 10.1 Å². The van der Waals surface area contributed by atoms with Crippen LogP contribution in [0, 0.1) is 6.92 Å². The van der Waals surface area contributed by atoms with E-state index in [0.29, 0.717) is 24.1 Å². The van der Waals surface area contributed by atoms with Gasteiger partial charge in [-0.2, -0.15) is 0 Å². The number of pyridine rings is 1. The van der Waals surface area contributed by atoms with Gasteiger partial charge in [0.2, 0.25) is 5.91 Å². The summed E-state index contributed by atoms with van der Waals surface area (Å²) < 4.78 is 2.32. The number of nitrogens with one attached hydrogen (secondary N) is 1. The highest BCUT2D eigenvalue weighted by Crippen LogP contribution is 2.22. The first-order valence-electron chi connectivity index (χ1n) is 8.29. The van der Waals surface area contributed by atoms with Crippen molar-refractivity contribution in [1.82, 2.24) is 14.1 Å². The normalized spacial score (nSPS) is 10.9. The van der Waals surface area contributed by atoms with E-state index in [1.54, 1.807) is 20.2 Å². The molecular formula is C19H20N4O3. The molecule has 0 radical (unpaired) electrons. The lowest BCUT2D eigenvalue weighted by Gasteiger charge is -2.13. The minimum atomic E-state index is -0.474. The van der Waals surface area contributed by atoms with E-state index >= 15 is 0 Å². The molecular weight excluding hydrogens is 332 g/mol. The van der Waals surface area contributed by atoms with E-state index in [1.807, 2.05) is 30.3 Å². The minimum absolute atomic E-state index is 0.194. The number of fused-ring (bicyclic) bond motifs is 1. The summed E-state index contributed by atoms with van der Waals surface area (Å²) in [7, 11) is 2.96. The van der Waals surface area contributed by atoms with E-state index in [1.165, 1.54) is 11.6 Å². The summed E-state index contributed by atoms with van der Waals surface area (Å²) in [6, 6.07) is 9.71. The number of benzene rings is 1. The summed E-state index contributed by atoms with van der Waals surface area (Å²) in [5, 5.41) is 3.07. The van der Waals surface area contributed by atoms with E-state index in [-0.39, 0.29) is 16.9 Å². The summed E-state index contributed by atoms with van der Waals surface area (Å²) >= 11 is 0. The van der Waals surface area contributed by atoms with Crippen LogP contribution in [0.3, 0.4) is 0 Å². The number of amides is 1. The van der Waals surface area contributed by atoms with E-state index in [4.69, 9.17) is 0 Å². The number of hydrogen-bond donors (Lipinski definition) is 1. The second-order valence-corrected chi connectivity index (χ2v) is 6.25. The summed E-state index contributed by atoms with van der Waals surface area (Å²) in [5.74, 6) is -0.194. The van der Waals surface area contributed by atoms with Crippen molar-refractivity contribution in [3.63, 3.8) is 0 Å². The number of nitrogens with zero attached hydrogens (tertiary/aromatic N) is 3. The Morgan fingerprint density at radius 1 is 1.12 bits per heavy atom. The van der Waals surface area contributed by atoms with Crippen molar-refractivity contribution in [3.05, 3.63) is 68.5 Å². The third-order valence-corrected chi connectivity index (χ3v) is 4.41. The average molecular weight is 352 g/mol. The monoisotopic (exact) mass is 352 g/mol. The van der Waals surface area contributed by atoms with E-state index < -0.39 is 11.2 Å². The molecule has 0 aliphatic heterocycles. The van der Waals surface area contributed by atoms with Crippen molar-refractivity contribution in [2.75, 3.05) is 5.32 Å². The van der Waals surface area contributed by atoms with Gasteiger partial charge in [-0.15, -0.1) is 0 Å². The number of aryl methyl sites for hydroxylation is 3. The number of carbonyl (C=O) groups is 1. The lowest BCUT2D eigenvalue weighted by molar-refractivity contribution is -0.116. The third-order valence-electron chi connectivity index (χ3n) is 4.41. The fourth-order valence-corrected chi connectivity index (χ4v) is 2.89. The number of anilines is 1. The number of rotatable bonds is 4. The Morgan fingerprint density at radius 3 is 2.50 bits per heavy atom. The third kappa shape index (κ3) is 3.15. The van der Waals surface area contributed by atoms with Gasteiger partial charge in [-0.05, 0) is 24.5 Å². The fourth-order valence-electron chi connectivity index (χ4n) is 2.89. The molecule has 2 heterocycles. The van der Waals surface area contributed by atoms with Crippen LogP contribution in [-0.4, -0.2) is 20.0 Å². The van der Waals surface area contributed by atoms with E-state index in [9.17, 15) is 14.4 Å². The molecule has 7 heteroatoms. The molecule has 1 amide bonds. The molecule has 0 atom stereocenters. The zero-order valence-electron chi connectivity index (χ0n) is 14.9. The molecule has 0 aliphatic carbocycles. The van der Waals surface area contributed by atoms with Crippen LogP contribution in [0.4, 0.5) is 5.69 Å². The zero-order valence-corrected chi connectivity index (χ0v) is 14.9. The molecule has 0 saturated heterocycles. The highest BCUT2D eigenvalue weighted by Gasteiger charge is 2.17. The maximum Gasteiger partial charge on any atom is 0.332 e. The average Bonchev–Trinajstić information content (AvgIpc) is 2.65. The molecule has 0 aliphatic rings. The first-order chi connectivity index (χ1) is 12.4. The maximum atomic E-state index is 12.6. The Balaban J connectivity index is 1.97. The van der Waals surface area contributed by atoms with Crippen LogP contribution in [0.5, 0.6) is 0 Å². The lowest BCUT2D eigenvalue weighted by Crippen LogP contribution is -2.37. The smallest absolute Gasteiger partial charge is 0.325 e. The first-order valence-corrected chi connectivity index (χ1v) is 8.29. The van der Waals surface area contributed by atoms with Gasteiger partial charge in [0.05, 0.1) is 5.69 Å². The summed E-state index contributed by atoms with van der Waals surface area (Å²) in [4.78, 5) is 41.3. The molecule has 3 aromatic rings. The topological polar surface area (TPSA) is 86.0 Å². The number of aromatic nitrogens is 3. The van der Waals surface area contributed by atoms with Gasteiger partial charge in [0, 0.05) is 26.7 Å². The molecule has 26 heavy (non-hydrogen) atoms. The predicted molar refractivity (Wildman–Crippen MR) is 100 cm³/mol. The standard InChI is InChI=1S/C19H20N4O3/c1-12-11-20-17-15(18(25)23(3)19(26)22(17)2)16(12)21-14(24)10-9-13-7-5-4-6-8-13/h4-8,11H,9-10H2,1-3H3,(H,20,21,24). The molecule has 0 unspecified atom stereocenters. The van der Waals surface area contributed by atoms with Crippen LogP contribution in [0.15, 0.2) is 46.1 Å². The van der Waals surface area contributed by atoms with Gasteiger partial charge in [0.15, 0.2) is 5.65 Å². The van der Waals surface area contributed by atoms with Gasteiger partial charge in [0.25, 0.3) is 5.56 Å².